The lowest BCUT2D eigenvalue weighted by Crippen LogP contribution is -2.35. The standard InChI is InChI=1S/C16H23NO2/c1-13-7-3-4-8-14(13)12-17(2)15(18)11-16(19)9-5-6-10-16/h3-4,7-8,19H,5-6,9-12H2,1-2H3. The maximum atomic E-state index is 12.2. The highest BCUT2D eigenvalue weighted by atomic mass is 16.3. The molecule has 19 heavy (non-hydrogen) atoms. The predicted octanol–water partition coefficient (Wildman–Crippen LogP) is 2.65. The molecule has 3 heteroatoms. The molecule has 1 fully saturated rings. The summed E-state index contributed by atoms with van der Waals surface area (Å²) in [5, 5.41) is 10.3. The Morgan fingerprint density at radius 2 is 1.95 bits per heavy atom. The lowest BCUT2D eigenvalue weighted by molar-refractivity contribution is -0.135. The van der Waals surface area contributed by atoms with E-state index in [2.05, 4.69) is 13.0 Å². The van der Waals surface area contributed by atoms with Gasteiger partial charge >= 0.3 is 0 Å². The minimum Gasteiger partial charge on any atom is -0.389 e. The first-order valence-corrected chi connectivity index (χ1v) is 7.01. The lowest BCUT2D eigenvalue weighted by atomic mass is 9.97. The van der Waals surface area contributed by atoms with Gasteiger partial charge in [0.25, 0.3) is 0 Å². The maximum Gasteiger partial charge on any atom is 0.225 e. The van der Waals surface area contributed by atoms with Crippen LogP contribution in [0.5, 0.6) is 0 Å². The first kappa shape index (κ1) is 14.1. The van der Waals surface area contributed by atoms with Crippen LogP contribution in [0, 0.1) is 6.92 Å². The molecule has 1 aromatic carbocycles. The quantitative estimate of drug-likeness (QED) is 0.905. The molecule has 2 rings (SSSR count). The molecule has 104 valence electrons. The first-order valence-electron chi connectivity index (χ1n) is 7.01. The second kappa shape index (κ2) is 5.74. The van der Waals surface area contributed by atoms with Crippen LogP contribution in [-0.4, -0.2) is 28.6 Å². The van der Waals surface area contributed by atoms with Crippen LogP contribution in [0.25, 0.3) is 0 Å². The van der Waals surface area contributed by atoms with Gasteiger partial charge in [0, 0.05) is 13.6 Å². The van der Waals surface area contributed by atoms with Crippen LogP contribution in [0.2, 0.25) is 0 Å². The van der Waals surface area contributed by atoms with E-state index in [1.807, 2.05) is 25.2 Å². The van der Waals surface area contributed by atoms with Crippen LogP contribution in [0.1, 0.15) is 43.2 Å². The van der Waals surface area contributed by atoms with Gasteiger partial charge in [-0.2, -0.15) is 0 Å². The van der Waals surface area contributed by atoms with Gasteiger partial charge in [-0.05, 0) is 30.9 Å². The summed E-state index contributed by atoms with van der Waals surface area (Å²) in [6.07, 6.45) is 3.85. The van der Waals surface area contributed by atoms with Crippen LogP contribution in [0.4, 0.5) is 0 Å². The van der Waals surface area contributed by atoms with Crippen molar-refractivity contribution in [1.82, 2.24) is 4.90 Å². The Kier molecular flexibility index (Phi) is 4.25. The third kappa shape index (κ3) is 3.57. The van der Waals surface area contributed by atoms with Crippen LogP contribution < -0.4 is 0 Å². The number of carbonyl (C=O) groups is 1. The summed E-state index contributed by atoms with van der Waals surface area (Å²) in [5.74, 6) is 0.0349. The molecule has 0 bridgehead atoms. The smallest absolute Gasteiger partial charge is 0.225 e. The minimum atomic E-state index is -0.753. The molecule has 1 aliphatic rings. The summed E-state index contributed by atoms with van der Waals surface area (Å²) in [6, 6.07) is 8.09. The molecule has 1 aromatic rings. The summed E-state index contributed by atoms with van der Waals surface area (Å²) in [4.78, 5) is 13.9. The van der Waals surface area contributed by atoms with Crippen LogP contribution in [0.15, 0.2) is 24.3 Å². The van der Waals surface area contributed by atoms with Gasteiger partial charge in [-0.1, -0.05) is 37.1 Å². The lowest BCUT2D eigenvalue weighted by Gasteiger charge is -2.25. The number of nitrogens with zero attached hydrogens (tertiary/aromatic N) is 1. The van der Waals surface area contributed by atoms with E-state index in [1.165, 1.54) is 5.56 Å². The monoisotopic (exact) mass is 261 g/mol. The van der Waals surface area contributed by atoms with Gasteiger partial charge in [-0.25, -0.2) is 0 Å². The molecule has 0 radical (unpaired) electrons. The van der Waals surface area contributed by atoms with E-state index in [4.69, 9.17) is 0 Å². The van der Waals surface area contributed by atoms with E-state index < -0.39 is 5.60 Å². The van der Waals surface area contributed by atoms with Crippen molar-refractivity contribution in [2.75, 3.05) is 7.05 Å². The third-order valence-electron chi connectivity index (χ3n) is 4.11. The normalized spacial score (nSPS) is 17.4. The number of benzene rings is 1. The van der Waals surface area contributed by atoms with Gasteiger partial charge in [0.1, 0.15) is 0 Å². The van der Waals surface area contributed by atoms with Crippen molar-refractivity contribution in [2.24, 2.45) is 0 Å². The highest BCUT2D eigenvalue weighted by molar-refractivity contribution is 5.77. The van der Waals surface area contributed by atoms with Crippen LogP contribution >= 0.6 is 0 Å². The van der Waals surface area contributed by atoms with Gasteiger partial charge in [0.15, 0.2) is 0 Å². The van der Waals surface area contributed by atoms with Crippen molar-refractivity contribution in [3.63, 3.8) is 0 Å². The molecule has 1 aliphatic carbocycles. The second-order valence-corrected chi connectivity index (χ2v) is 5.78. The molecule has 1 saturated carbocycles. The number of aliphatic hydroxyl groups is 1. The van der Waals surface area contributed by atoms with Crippen molar-refractivity contribution in [3.05, 3.63) is 35.4 Å². The SMILES string of the molecule is Cc1ccccc1CN(C)C(=O)CC1(O)CCCC1. The molecule has 0 aliphatic heterocycles. The zero-order chi connectivity index (χ0) is 13.9. The Morgan fingerprint density at radius 3 is 2.58 bits per heavy atom. The molecule has 0 unspecified atom stereocenters. The molecule has 3 nitrogen and oxygen atoms in total. The Labute approximate surface area is 115 Å². The van der Waals surface area contributed by atoms with Crippen molar-refractivity contribution in [2.45, 2.75) is 51.2 Å². The maximum absolute atomic E-state index is 12.2. The molecular formula is C16H23NO2. The van der Waals surface area contributed by atoms with E-state index in [0.29, 0.717) is 6.54 Å². The first-order chi connectivity index (χ1) is 9.00. The molecule has 1 N–H and O–H groups in total. The molecular weight excluding hydrogens is 238 g/mol. The zero-order valence-corrected chi connectivity index (χ0v) is 11.9. The average Bonchev–Trinajstić information content (AvgIpc) is 2.78. The van der Waals surface area contributed by atoms with Gasteiger partial charge < -0.3 is 10.0 Å². The number of hydrogen-bond acceptors (Lipinski definition) is 2. The summed E-state index contributed by atoms with van der Waals surface area (Å²) < 4.78 is 0. The van der Waals surface area contributed by atoms with Gasteiger partial charge in [0.05, 0.1) is 12.0 Å². The Balaban J connectivity index is 1.94. The van der Waals surface area contributed by atoms with E-state index >= 15 is 0 Å². The fourth-order valence-electron chi connectivity index (χ4n) is 2.76. The van der Waals surface area contributed by atoms with E-state index in [0.717, 1.165) is 31.2 Å². The summed E-state index contributed by atoms with van der Waals surface area (Å²) in [7, 11) is 1.81. The number of hydrogen-bond donors (Lipinski definition) is 1. The molecule has 0 saturated heterocycles. The molecule has 0 aromatic heterocycles. The topological polar surface area (TPSA) is 40.5 Å². The van der Waals surface area contributed by atoms with E-state index in [1.54, 1.807) is 4.90 Å². The summed E-state index contributed by atoms with van der Waals surface area (Å²) >= 11 is 0. The summed E-state index contributed by atoms with van der Waals surface area (Å²) in [5.41, 5.74) is 1.61. The number of rotatable bonds is 4. The Bertz CT molecular complexity index is 450. The Morgan fingerprint density at radius 1 is 1.32 bits per heavy atom. The van der Waals surface area contributed by atoms with Gasteiger partial charge in [-0.15, -0.1) is 0 Å². The zero-order valence-electron chi connectivity index (χ0n) is 11.9. The van der Waals surface area contributed by atoms with Crippen molar-refractivity contribution >= 4 is 5.91 Å². The van der Waals surface area contributed by atoms with Crippen molar-refractivity contribution in [3.8, 4) is 0 Å². The van der Waals surface area contributed by atoms with Crippen molar-refractivity contribution < 1.29 is 9.90 Å². The second-order valence-electron chi connectivity index (χ2n) is 5.78. The van der Waals surface area contributed by atoms with Crippen LogP contribution in [-0.2, 0) is 11.3 Å². The Hall–Kier alpha value is -1.35. The average molecular weight is 261 g/mol. The number of aryl methyl sites for hydroxylation is 1. The van der Waals surface area contributed by atoms with Crippen LogP contribution in [0.3, 0.4) is 0 Å². The fourth-order valence-corrected chi connectivity index (χ4v) is 2.76. The minimum absolute atomic E-state index is 0.0349. The molecule has 0 atom stereocenters. The predicted molar refractivity (Wildman–Crippen MR) is 75.7 cm³/mol. The molecule has 0 spiro atoms. The molecule has 0 heterocycles. The highest BCUT2D eigenvalue weighted by Gasteiger charge is 2.34. The van der Waals surface area contributed by atoms with E-state index in [-0.39, 0.29) is 12.3 Å². The number of carbonyl (C=O) groups excluding carboxylic acids is 1. The fraction of sp³-hybridized carbons (Fsp3) is 0.562. The largest absolute Gasteiger partial charge is 0.389 e. The van der Waals surface area contributed by atoms with E-state index in [9.17, 15) is 9.90 Å². The number of amides is 1. The highest BCUT2D eigenvalue weighted by Crippen LogP contribution is 2.32. The van der Waals surface area contributed by atoms with Gasteiger partial charge in [-0.3, -0.25) is 4.79 Å². The molecule has 1 amide bonds. The summed E-state index contributed by atoms with van der Waals surface area (Å²) in [6.45, 7) is 2.67. The third-order valence-corrected chi connectivity index (χ3v) is 4.11. The van der Waals surface area contributed by atoms with Crippen molar-refractivity contribution in [1.29, 1.82) is 0 Å². The van der Waals surface area contributed by atoms with Gasteiger partial charge in [0.2, 0.25) is 5.91 Å².